The van der Waals surface area contributed by atoms with Gasteiger partial charge in [-0.05, 0) is 48.9 Å². The Morgan fingerprint density at radius 2 is 1.84 bits per heavy atom. The van der Waals surface area contributed by atoms with Crippen LogP contribution < -0.4 is 10.6 Å². The first-order valence-corrected chi connectivity index (χ1v) is 11.3. The van der Waals surface area contributed by atoms with E-state index in [1.807, 2.05) is 6.07 Å². The highest BCUT2D eigenvalue weighted by Crippen LogP contribution is 2.33. The summed E-state index contributed by atoms with van der Waals surface area (Å²) in [5, 5.41) is 4.98. The van der Waals surface area contributed by atoms with Gasteiger partial charge in [-0.1, -0.05) is 24.3 Å². The van der Waals surface area contributed by atoms with Gasteiger partial charge in [0.1, 0.15) is 11.5 Å². The molecule has 3 amide bonds. The summed E-state index contributed by atoms with van der Waals surface area (Å²) in [7, 11) is 1.25. The summed E-state index contributed by atoms with van der Waals surface area (Å²) in [6, 6.07) is 15.4. The molecule has 1 aliphatic rings. The lowest BCUT2D eigenvalue weighted by atomic mass is 10.1. The molecular weight excluding hydrogens is 476 g/mol. The van der Waals surface area contributed by atoms with E-state index in [1.54, 1.807) is 67.8 Å². The van der Waals surface area contributed by atoms with Crippen molar-refractivity contribution >= 4 is 35.5 Å². The largest absolute Gasteiger partial charge is 0.465 e. The van der Waals surface area contributed by atoms with Gasteiger partial charge in [-0.25, -0.2) is 4.79 Å². The maximum atomic E-state index is 13.2. The summed E-state index contributed by atoms with van der Waals surface area (Å²) in [6.45, 7) is 1.85. The van der Waals surface area contributed by atoms with Gasteiger partial charge in [0, 0.05) is 23.8 Å². The number of methoxy groups -OCH3 is 1. The minimum absolute atomic E-state index is 0.0516. The van der Waals surface area contributed by atoms with Crippen LogP contribution in [0.15, 0.2) is 88.3 Å². The molecule has 4 rings (SSSR count). The second-order valence-electron chi connectivity index (χ2n) is 8.07. The van der Waals surface area contributed by atoms with Crippen molar-refractivity contribution in [3.05, 3.63) is 101 Å². The van der Waals surface area contributed by atoms with Crippen molar-refractivity contribution in [3.63, 3.8) is 0 Å². The second kappa shape index (κ2) is 11.2. The summed E-state index contributed by atoms with van der Waals surface area (Å²) in [5.74, 6) is -2.03. The third-order valence-electron chi connectivity index (χ3n) is 5.59. The number of carbonyl (C=O) groups is 4. The average Bonchev–Trinajstić information content (AvgIpc) is 3.46. The zero-order valence-corrected chi connectivity index (χ0v) is 20.2. The molecule has 0 saturated heterocycles. The van der Waals surface area contributed by atoms with Gasteiger partial charge in [0.25, 0.3) is 5.91 Å². The maximum absolute atomic E-state index is 13.2. The first-order valence-electron chi connectivity index (χ1n) is 11.3. The van der Waals surface area contributed by atoms with Crippen LogP contribution in [0, 0.1) is 0 Å². The third-order valence-corrected chi connectivity index (χ3v) is 5.59. The Labute approximate surface area is 212 Å². The first-order chi connectivity index (χ1) is 17.9. The topological polar surface area (TPSA) is 131 Å². The fourth-order valence-electron chi connectivity index (χ4n) is 3.76. The molecule has 2 N–H and O–H groups in total. The molecule has 0 unspecified atom stereocenters. The van der Waals surface area contributed by atoms with E-state index >= 15 is 0 Å². The molecule has 37 heavy (non-hydrogen) atoms. The highest BCUT2D eigenvalue weighted by molar-refractivity contribution is 6.39. The van der Waals surface area contributed by atoms with E-state index in [4.69, 9.17) is 9.15 Å². The van der Waals surface area contributed by atoms with E-state index in [2.05, 4.69) is 15.6 Å². The third kappa shape index (κ3) is 5.81. The molecule has 3 aromatic rings. The number of hydrogen-bond acceptors (Lipinski definition) is 7. The van der Waals surface area contributed by atoms with Gasteiger partial charge < -0.3 is 24.7 Å². The van der Waals surface area contributed by atoms with Gasteiger partial charge in [0.2, 0.25) is 0 Å². The smallest absolute Gasteiger partial charge is 0.340 e. The van der Waals surface area contributed by atoms with Gasteiger partial charge >= 0.3 is 17.8 Å². The number of nitrogens with zero attached hydrogens (tertiary/aromatic N) is 2. The van der Waals surface area contributed by atoms with Crippen molar-refractivity contribution in [3.8, 4) is 0 Å². The Morgan fingerprint density at radius 1 is 1.05 bits per heavy atom. The van der Waals surface area contributed by atoms with E-state index in [0.717, 1.165) is 5.56 Å². The number of furan rings is 1. The quantitative estimate of drug-likeness (QED) is 0.290. The number of benzene rings is 1. The molecule has 0 atom stereocenters. The van der Waals surface area contributed by atoms with Crippen molar-refractivity contribution in [2.24, 2.45) is 0 Å². The van der Waals surface area contributed by atoms with Crippen molar-refractivity contribution in [2.45, 2.75) is 20.0 Å². The van der Waals surface area contributed by atoms with Gasteiger partial charge in [0.15, 0.2) is 0 Å². The lowest BCUT2D eigenvalue weighted by Crippen LogP contribution is -2.34. The number of nitrogens with one attached hydrogen (secondary N) is 2. The minimum atomic E-state index is -0.830. The molecule has 0 aliphatic carbocycles. The van der Waals surface area contributed by atoms with E-state index in [9.17, 15) is 19.2 Å². The van der Waals surface area contributed by atoms with Crippen LogP contribution in [0.3, 0.4) is 0 Å². The number of esters is 1. The lowest BCUT2D eigenvalue weighted by Gasteiger charge is -2.17. The summed E-state index contributed by atoms with van der Waals surface area (Å²) in [6.07, 6.45) is 4.73. The second-order valence-corrected chi connectivity index (χ2v) is 8.07. The minimum Gasteiger partial charge on any atom is -0.465 e. The number of aromatic nitrogens is 1. The van der Waals surface area contributed by atoms with E-state index in [-0.39, 0.29) is 30.1 Å². The number of carbonyl (C=O) groups excluding carboxylic acids is 4. The zero-order chi connectivity index (χ0) is 26.4. The van der Waals surface area contributed by atoms with Crippen molar-refractivity contribution in [2.75, 3.05) is 12.4 Å². The van der Waals surface area contributed by atoms with Crippen LogP contribution in [0.2, 0.25) is 0 Å². The molecule has 0 saturated carbocycles. The number of allylic oxidation sites excluding steroid dienone is 1. The van der Waals surface area contributed by atoms with Gasteiger partial charge in [-0.3, -0.25) is 19.4 Å². The highest BCUT2D eigenvalue weighted by Gasteiger charge is 2.37. The van der Waals surface area contributed by atoms with Gasteiger partial charge in [-0.2, -0.15) is 0 Å². The molecule has 0 radical (unpaired) electrons. The monoisotopic (exact) mass is 500 g/mol. The number of para-hydroxylation sites is 1. The molecule has 0 fully saturated rings. The van der Waals surface area contributed by atoms with Crippen LogP contribution in [-0.2, 0) is 37.0 Å². The number of amides is 3. The molecule has 1 aromatic carbocycles. The van der Waals surface area contributed by atoms with Gasteiger partial charge in [-0.15, -0.1) is 0 Å². The molecule has 10 nitrogen and oxygen atoms in total. The van der Waals surface area contributed by atoms with Crippen LogP contribution in [0.25, 0.3) is 6.08 Å². The molecule has 1 aliphatic heterocycles. The fourth-order valence-corrected chi connectivity index (χ4v) is 3.76. The van der Waals surface area contributed by atoms with Crippen molar-refractivity contribution in [1.29, 1.82) is 0 Å². The Hall–Kier alpha value is -4.99. The fraction of sp³-hybridized carbons (Fsp3) is 0.148. The number of ether oxygens (including phenoxy) is 1. The van der Waals surface area contributed by atoms with Crippen LogP contribution in [0.4, 0.5) is 5.69 Å². The van der Waals surface area contributed by atoms with Crippen LogP contribution >= 0.6 is 0 Å². The molecule has 10 heteroatoms. The van der Waals surface area contributed by atoms with Gasteiger partial charge in [0.05, 0.1) is 31.3 Å². The Bertz CT molecular complexity index is 1390. The SMILES string of the molecule is COC(=O)C1=C(C)N(Cc2cccnc2)C(=O)/C1=C\c1ccc(CNC(=O)C(=O)Nc2ccccc2)o1. The molecule has 3 heterocycles. The summed E-state index contributed by atoms with van der Waals surface area (Å²) in [4.78, 5) is 55.5. The Morgan fingerprint density at radius 3 is 2.54 bits per heavy atom. The molecule has 0 bridgehead atoms. The molecular formula is C27H24N4O6. The summed E-state index contributed by atoms with van der Waals surface area (Å²) < 4.78 is 10.6. The predicted molar refractivity (Wildman–Crippen MR) is 133 cm³/mol. The Balaban J connectivity index is 1.46. The highest BCUT2D eigenvalue weighted by atomic mass is 16.5. The maximum Gasteiger partial charge on any atom is 0.340 e. The summed E-state index contributed by atoms with van der Waals surface area (Å²) >= 11 is 0. The summed E-state index contributed by atoms with van der Waals surface area (Å²) in [5.41, 5.74) is 2.02. The number of anilines is 1. The van der Waals surface area contributed by atoms with Crippen LogP contribution in [0.5, 0.6) is 0 Å². The van der Waals surface area contributed by atoms with Crippen molar-refractivity contribution < 1.29 is 28.3 Å². The molecule has 188 valence electrons. The number of rotatable bonds is 7. The normalized spacial score (nSPS) is 14.2. The van der Waals surface area contributed by atoms with Crippen LogP contribution in [0.1, 0.15) is 24.0 Å². The number of hydrogen-bond donors (Lipinski definition) is 2. The lowest BCUT2D eigenvalue weighted by molar-refractivity contribution is -0.136. The standard InChI is InChI=1S/C27H24N4O6/c1-17-23(27(35)36-2)22(26(34)31(17)16-18-7-6-12-28-14-18)13-20-10-11-21(37-20)15-29-24(32)25(33)30-19-8-4-3-5-9-19/h3-14H,15-16H2,1-2H3,(H,29,32)(H,30,33)/b22-13-. The number of pyridine rings is 1. The van der Waals surface area contributed by atoms with Crippen molar-refractivity contribution in [1.82, 2.24) is 15.2 Å². The van der Waals surface area contributed by atoms with Crippen LogP contribution in [-0.4, -0.2) is 40.7 Å². The Kier molecular flexibility index (Phi) is 7.58. The average molecular weight is 501 g/mol. The van der Waals surface area contributed by atoms with E-state index in [0.29, 0.717) is 22.9 Å². The first kappa shape index (κ1) is 25.1. The zero-order valence-electron chi connectivity index (χ0n) is 20.2. The predicted octanol–water partition coefficient (Wildman–Crippen LogP) is 2.80. The molecule has 0 spiro atoms. The van der Waals surface area contributed by atoms with E-state index < -0.39 is 17.8 Å². The van der Waals surface area contributed by atoms with E-state index in [1.165, 1.54) is 18.1 Å². The molecule has 2 aromatic heterocycles.